The fourth-order valence-electron chi connectivity index (χ4n) is 0.958. The monoisotopic (exact) mass is 209 g/mol. The first-order valence-electron chi connectivity index (χ1n) is 4.09. The van der Waals surface area contributed by atoms with E-state index >= 15 is 0 Å². The number of hydrogen-bond donors (Lipinski definition) is 3. The molecule has 2 amide bonds. The lowest BCUT2D eigenvalue weighted by molar-refractivity contribution is 0.249. The molecule has 1 aromatic rings. The number of phenolic OH excluding ortho intramolecular Hbond substituents is 1. The Hall–Kier alpha value is -2.24. The first-order chi connectivity index (χ1) is 7.13. The number of aromatic hydroxyl groups is 1. The van der Waals surface area contributed by atoms with Gasteiger partial charge in [0, 0.05) is 0 Å². The van der Waals surface area contributed by atoms with Crippen LogP contribution in [0.4, 0.5) is 4.79 Å². The van der Waals surface area contributed by atoms with Gasteiger partial charge in [-0.2, -0.15) is 5.10 Å². The van der Waals surface area contributed by atoms with Crippen LogP contribution in [0.25, 0.3) is 0 Å². The Labute approximate surface area is 86.4 Å². The average Bonchev–Trinajstić information content (AvgIpc) is 2.17. The second-order valence-corrected chi connectivity index (χ2v) is 2.67. The number of nitrogens with one attached hydrogen (secondary N) is 1. The molecule has 0 aliphatic heterocycles. The Balaban J connectivity index is 2.75. The van der Waals surface area contributed by atoms with Crippen molar-refractivity contribution in [1.29, 1.82) is 0 Å². The number of urea groups is 1. The quantitative estimate of drug-likeness (QED) is 0.496. The zero-order valence-corrected chi connectivity index (χ0v) is 8.10. The van der Waals surface area contributed by atoms with Crippen LogP contribution in [0, 0.1) is 0 Å². The Bertz CT molecular complexity index is 390. The van der Waals surface area contributed by atoms with Gasteiger partial charge in [-0.25, -0.2) is 10.2 Å². The maximum absolute atomic E-state index is 10.3. The molecule has 6 heteroatoms. The number of methoxy groups -OCH3 is 1. The van der Waals surface area contributed by atoms with Gasteiger partial charge >= 0.3 is 6.03 Å². The van der Waals surface area contributed by atoms with Crippen LogP contribution in [-0.2, 0) is 0 Å². The van der Waals surface area contributed by atoms with Gasteiger partial charge in [0.25, 0.3) is 0 Å². The van der Waals surface area contributed by atoms with Gasteiger partial charge in [0.2, 0.25) is 0 Å². The van der Waals surface area contributed by atoms with Crippen molar-refractivity contribution in [3.63, 3.8) is 0 Å². The third kappa shape index (κ3) is 3.18. The number of carbonyl (C=O) groups excluding carboxylic acids is 1. The molecule has 0 saturated carbocycles. The molecule has 4 N–H and O–H groups in total. The van der Waals surface area contributed by atoms with Crippen molar-refractivity contribution in [2.24, 2.45) is 10.8 Å². The predicted octanol–water partition coefficient (Wildman–Crippen LogP) is 0.403. The Morgan fingerprint density at radius 2 is 2.40 bits per heavy atom. The summed E-state index contributed by atoms with van der Waals surface area (Å²) in [6.07, 6.45) is 1.35. The molecule has 0 aliphatic carbocycles. The largest absolute Gasteiger partial charge is 0.504 e. The van der Waals surface area contributed by atoms with Crippen molar-refractivity contribution < 1.29 is 14.6 Å². The van der Waals surface area contributed by atoms with E-state index in [1.54, 1.807) is 12.1 Å². The molecule has 0 fully saturated rings. The highest BCUT2D eigenvalue weighted by molar-refractivity contribution is 5.82. The van der Waals surface area contributed by atoms with Gasteiger partial charge in [0.15, 0.2) is 11.5 Å². The molecule has 15 heavy (non-hydrogen) atoms. The summed E-state index contributed by atoms with van der Waals surface area (Å²) in [4.78, 5) is 10.3. The van der Waals surface area contributed by atoms with Crippen molar-refractivity contribution in [3.05, 3.63) is 23.8 Å². The maximum atomic E-state index is 10.3. The minimum absolute atomic E-state index is 0.000486. The zero-order valence-electron chi connectivity index (χ0n) is 8.10. The number of rotatable bonds is 3. The molecular formula is C9H11N3O3. The van der Waals surface area contributed by atoms with Gasteiger partial charge in [-0.1, -0.05) is 0 Å². The molecule has 0 unspecified atom stereocenters. The third-order valence-corrected chi connectivity index (χ3v) is 1.59. The summed E-state index contributed by atoms with van der Waals surface area (Å²) in [5.74, 6) is 0.371. The van der Waals surface area contributed by atoms with Crippen LogP contribution in [0.15, 0.2) is 23.3 Å². The van der Waals surface area contributed by atoms with Crippen LogP contribution in [0.1, 0.15) is 5.56 Å². The number of nitrogens with zero attached hydrogens (tertiary/aromatic N) is 1. The fourth-order valence-corrected chi connectivity index (χ4v) is 0.958. The van der Waals surface area contributed by atoms with Gasteiger partial charge in [0.1, 0.15) is 0 Å². The summed E-state index contributed by atoms with van der Waals surface area (Å²) in [6.45, 7) is 0. The van der Waals surface area contributed by atoms with E-state index in [1.165, 1.54) is 19.4 Å². The first kappa shape index (κ1) is 10.8. The van der Waals surface area contributed by atoms with Gasteiger partial charge < -0.3 is 15.6 Å². The highest BCUT2D eigenvalue weighted by Crippen LogP contribution is 2.25. The molecule has 0 radical (unpaired) electrons. The molecule has 6 nitrogen and oxygen atoms in total. The minimum atomic E-state index is -0.746. The molecule has 1 rings (SSSR count). The SMILES string of the molecule is COc1ccc(/C=N\NC(N)=O)cc1O. The fraction of sp³-hybridized carbons (Fsp3) is 0.111. The minimum Gasteiger partial charge on any atom is -0.504 e. The predicted molar refractivity (Wildman–Crippen MR) is 55.0 cm³/mol. The van der Waals surface area contributed by atoms with Crippen LogP contribution >= 0.6 is 0 Å². The van der Waals surface area contributed by atoms with Crippen molar-refractivity contribution in [2.45, 2.75) is 0 Å². The lowest BCUT2D eigenvalue weighted by Crippen LogP contribution is -2.24. The lowest BCUT2D eigenvalue weighted by Gasteiger charge is -2.02. The summed E-state index contributed by atoms with van der Waals surface area (Å²) < 4.78 is 4.86. The number of nitrogens with two attached hydrogens (primary N) is 1. The molecule has 80 valence electrons. The number of hydrogen-bond acceptors (Lipinski definition) is 4. The molecule has 0 bridgehead atoms. The van der Waals surface area contributed by atoms with Crippen molar-refractivity contribution in [3.8, 4) is 11.5 Å². The summed E-state index contributed by atoms with van der Waals surface area (Å²) in [5, 5.41) is 12.9. The lowest BCUT2D eigenvalue weighted by atomic mass is 10.2. The van der Waals surface area contributed by atoms with Crippen molar-refractivity contribution >= 4 is 12.2 Å². The van der Waals surface area contributed by atoms with Gasteiger partial charge in [-0.05, 0) is 23.8 Å². The molecular weight excluding hydrogens is 198 g/mol. The van der Waals surface area contributed by atoms with Crippen LogP contribution in [0.2, 0.25) is 0 Å². The second-order valence-electron chi connectivity index (χ2n) is 2.67. The number of primary amides is 1. The Kier molecular flexibility index (Phi) is 3.50. The Morgan fingerprint density at radius 3 is 2.93 bits per heavy atom. The number of hydrazone groups is 1. The Morgan fingerprint density at radius 1 is 1.67 bits per heavy atom. The average molecular weight is 209 g/mol. The van der Waals surface area contributed by atoms with Crippen molar-refractivity contribution in [2.75, 3.05) is 7.11 Å². The van der Waals surface area contributed by atoms with Gasteiger partial charge in [0.05, 0.1) is 13.3 Å². The summed E-state index contributed by atoms with van der Waals surface area (Å²) in [7, 11) is 1.46. The van der Waals surface area contributed by atoms with E-state index in [1.807, 2.05) is 5.43 Å². The van der Waals surface area contributed by atoms with E-state index in [0.29, 0.717) is 11.3 Å². The first-order valence-corrected chi connectivity index (χ1v) is 4.09. The number of ether oxygens (including phenoxy) is 1. The second kappa shape index (κ2) is 4.85. The number of benzene rings is 1. The highest BCUT2D eigenvalue weighted by Gasteiger charge is 2.00. The molecule has 0 aliphatic rings. The molecule has 1 aromatic carbocycles. The summed E-state index contributed by atoms with van der Waals surface area (Å²) in [6, 6.07) is 3.96. The van der Waals surface area contributed by atoms with Crippen molar-refractivity contribution in [1.82, 2.24) is 5.43 Å². The number of carbonyl (C=O) groups is 1. The molecule has 0 saturated heterocycles. The van der Waals surface area contributed by atoms with E-state index in [0.717, 1.165) is 0 Å². The van der Waals surface area contributed by atoms with E-state index in [4.69, 9.17) is 10.5 Å². The van der Waals surface area contributed by atoms with E-state index < -0.39 is 6.03 Å². The van der Waals surface area contributed by atoms with Crippen LogP contribution in [0.5, 0.6) is 11.5 Å². The topological polar surface area (TPSA) is 96.9 Å². The summed E-state index contributed by atoms with van der Waals surface area (Å²) >= 11 is 0. The number of amides is 2. The van der Waals surface area contributed by atoms with Crippen LogP contribution in [-0.4, -0.2) is 24.5 Å². The van der Waals surface area contributed by atoms with E-state index in [2.05, 4.69) is 5.10 Å². The zero-order chi connectivity index (χ0) is 11.3. The summed E-state index contributed by atoms with van der Waals surface area (Å²) in [5.41, 5.74) is 7.45. The smallest absolute Gasteiger partial charge is 0.332 e. The molecule has 0 heterocycles. The molecule has 0 atom stereocenters. The normalized spacial score (nSPS) is 10.2. The standard InChI is InChI=1S/C9H11N3O3/c1-15-8-3-2-6(4-7(8)13)5-11-12-9(10)14/h2-5,13H,1H3,(H3,10,12,14)/b11-5-. The maximum Gasteiger partial charge on any atom is 0.332 e. The third-order valence-electron chi connectivity index (χ3n) is 1.59. The van der Waals surface area contributed by atoms with Gasteiger partial charge in [-0.3, -0.25) is 0 Å². The van der Waals surface area contributed by atoms with E-state index in [-0.39, 0.29) is 5.75 Å². The molecule has 0 spiro atoms. The highest BCUT2D eigenvalue weighted by atomic mass is 16.5. The number of phenols is 1. The molecule has 0 aromatic heterocycles. The van der Waals surface area contributed by atoms with Gasteiger partial charge in [-0.15, -0.1) is 0 Å². The van der Waals surface area contributed by atoms with E-state index in [9.17, 15) is 9.90 Å². The van der Waals surface area contributed by atoms with Crippen LogP contribution < -0.4 is 15.9 Å². The van der Waals surface area contributed by atoms with Crippen LogP contribution in [0.3, 0.4) is 0 Å².